The molecule has 4 aromatic rings. The van der Waals surface area contributed by atoms with Gasteiger partial charge in [0, 0.05) is 52.8 Å². The van der Waals surface area contributed by atoms with Gasteiger partial charge in [0.15, 0.2) is 0 Å². The normalized spacial score (nSPS) is 26.2. The summed E-state index contributed by atoms with van der Waals surface area (Å²) < 4.78 is 98.9. The third-order valence-corrected chi connectivity index (χ3v) is 11.0. The highest BCUT2D eigenvalue weighted by Gasteiger charge is 2.51. The molecule has 1 N–H and O–H groups in total. The van der Waals surface area contributed by atoms with E-state index in [1.807, 2.05) is 12.1 Å². The summed E-state index contributed by atoms with van der Waals surface area (Å²) in [6.45, 7) is 4.19. The topological polar surface area (TPSA) is 74.2 Å². The quantitative estimate of drug-likeness (QED) is 0.173. The Hall–Kier alpha value is -3.85. The standard InChI is InChI=1S/C36H33F4O6P/c1-17-9-20-12-26(32-29(39)15-22(44-4)16-30(32)40)36-34(24(20)10-18(17)2)33-23-8-6-5-7-19(23)11-25(35(33)45-47(41,42)46-36)31-27(37)13-21(43-3)14-28(31)38/h5-8,12-18,25,33,35H,9-11H2,1-4H3,(H,41,42)/t17?,18?,25?,33-,35?/m0/s1. The maximum Gasteiger partial charge on any atom is 0.527 e. The first-order valence-corrected chi connectivity index (χ1v) is 16.9. The van der Waals surface area contributed by atoms with E-state index < -0.39 is 54.6 Å². The van der Waals surface area contributed by atoms with Crippen molar-refractivity contribution in [3.8, 4) is 28.4 Å². The van der Waals surface area contributed by atoms with Gasteiger partial charge in [-0.2, -0.15) is 0 Å². The van der Waals surface area contributed by atoms with E-state index in [-0.39, 0.29) is 46.6 Å². The van der Waals surface area contributed by atoms with Crippen molar-refractivity contribution in [3.63, 3.8) is 0 Å². The van der Waals surface area contributed by atoms with Crippen LogP contribution >= 0.6 is 7.82 Å². The summed E-state index contributed by atoms with van der Waals surface area (Å²) in [4.78, 5) is 11.3. The number of fused-ring (bicyclic) bond motifs is 7. The molecule has 2 aliphatic carbocycles. The number of hydrogen-bond donors (Lipinski definition) is 1. The van der Waals surface area contributed by atoms with Crippen LogP contribution in [0.25, 0.3) is 11.1 Å². The zero-order chi connectivity index (χ0) is 33.4. The van der Waals surface area contributed by atoms with Crippen molar-refractivity contribution in [1.29, 1.82) is 0 Å². The number of hydrogen-bond acceptors (Lipinski definition) is 5. The molecule has 0 fully saturated rings. The van der Waals surface area contributed by atoms with Gasteiger partial charge in [-0.15, -0.1) is 0 Å². The summed E-state index contributed by atoms with van der Waals surface area (Å²) in [7, 11) is -2.48. The van der Waals surface area contributed by atoms with Gasteiger partial charge < -0.3 is 14.0 Å². The van der Waals surface area contributed by atoms with Gasteiger partial charge in [0.05, 0.1) is 25.9 Å². The smallest absolute Gasteiger partial charge is 0.497 e. The Morgan fingerprint density at radius 1 is 0.787 bits per heavy atom. The molecule has 246 valence electrons. The molecule has 4 aromatic carbocycles. The molecule has 0 saturated carbocycles. The largest absolute Gasteiger partial charge is 0.527 e. The summed E-state index contributed by atoms with van der Waals surface area (Å²) in [6, 6.07) is 13.1. The Labute approximate surface area is 269 Å². The Bertz CT molecular complexity index is 1920. The molecule has 0 saturated heterocycles. The van der Waals surface area contributed by atoms with Crippen LogP contribution in [0, 0.1) is 35.1 Å². The predicted octanol–water partition coefficient (Wildman–Crippen LogP) is 8.65. The van der Waals surface area contributed by atoms with Crippen LogP contribution in [-0.4, -0.2) is 25.2 Å². The van der Waals surface area contributed by atoms with Crippen LogP contribution in [0.1, 0.15) is 59.1 Å². The Balaban J connectivity index is 1.57. The minimum Gasteiger partial charge on any atom is -0.497 e. The van der Waals surface area contributed by atoms with Crippen LogP contribution < -0.4 is 14.0 Å². The van der Waals surface area contributed by atoms with E-state index in [0.717, 1.165) is 41.0 Å². The number of ether oxygens (including phenoxy) is 2. The average molecular weight is 669 g/mol. The molecule has 1 heterocycles. The van der Waals surface area contributed by atoms with Gasteiger partial charge in [-0.3, -0.25) is 9.42 Å². The Kier molecular flexibility index (Phi) is 7.89. The molecule has 0 aromatic heterocycles. The second-order valence-electron chi connectivity index (χ2n) is 12.8. The molecule has 47 heavy (non-hydrogen) atoms. The first kappa shape index (κ1) is 31.7. The third-order valence-electron chi connectivity index (χ3n) is 10.1. The molecular weight excluding hydrogens is 635 g/mol. The second kappa shape index (κ2) is 11.7. The van der Waals surface area contributed by atoms with Crippen LogP contribution in [0.15, 0.2) is 54.6 Å². The maximum absolute atomic E-state index is 15.8. The monoisotopic (exact) mass is 668 g/mol. The van der Waals surface area contributed by atoms with Crippen LogP contribution in [0.5, 0.6) is 17.2 Å². The average Bonchev–Trinajstić information content (AvgIpc) is 3.14. The Morgan fingerprint density at radius 3 is 2.02 bits per heavy atom. The first-order chi connectivity index (χ1) is 22.4. The molecule has 5 unspecified atom stereocenters. The number of phosphoric acid groups is 1. The van der Waals surface area contributed by atoms with Gasteiger partial charge in [-0.05, 0) is 59.4 Å². The van der Waals surface area contributed by atoms with Crippen LogP contribution in [-0.2, 0) is 28.4 Å². The van der Waals surface area contributed by atoms with E-state index >= 15 is 17.6 Å². The number of benzene rings is 4. The number of halogens is 4. The van der Waals surface area contributed by atoms with E-state index in [1.54, 1.807) is 18.2 Å². The van der Waals surface area contributed by atoms with Crippen molar-refractivity contribution in [2.75, 3.05) is 14.2 Å². The lowest BCUT2D eigenvalue weighted by atomic mass is 9.65. The number of rotatable bonds is 4. The lowest BCUT2D eigenvalue weighted by Gasteiger charge is -2.40. The molecule has 6 atom stereocenters. The molecule has 0 spiro atoms. The summed E-state index contributed by atoms with van der Waals surface area (Å²) in [5.41, 5.74) is 2.65. The molecular formula is C36H33F4O6P. The fraction of sp³-hybridized carbons (Fsp3) is 0.333. The van der Waals surface area contributed by atoms with E-state index in [4.69, 9.17) is 18.5 Å². The highest BCUT2D eigenvalue weighted by Crippen LogP contribution is 2.62. The molecule has 11 heteroatoms. The van der Waals surface area contributed by atoms with Gasteiger partial charge in [0.1, 0.15) is 40.5 Å². The third kappa shape index (κ3) is 5.31. The van der Waals surface area contributed by atoms with Gasteiger partial charge >= 0.3 is 7.82 Å². The zero-order valence-corrected chi connectivity index (χ0v) is 27.0. The van der Waals surface area contributed by atoms with E-state index in [0.29, 0.717) is 24.0 Å². The van der Waals surface area contributed by atoms with E-state index in [1.165, 1.54) is 14.2 Å². The Morgan fingerprint density at radius 2 is 1.38 bits per heavy atom. The van der Waals surface area contributed by atoms with Crippen LogP contribution in [0.2, 0.25) is 0 Å². The highest BCUT2D eigenvalue weighted by atomic mass is 31.2. The van der Waals surface area contributed by atoms with Gasteiger partial charge in [0.25, 0.3) is 0 Å². The van der Waals surface area contributed by atoms with Crippen molar-refractivity contribution in [2.24, 2.45) is 11.8 Å². The summed E-state index contributed by atoms with van der Waals surface area (Å²) in [6.07, 6.45) is -0.103. The molecule has 0 radical (unpaired) electrons. The van der Waals surface area contributed by atoms with Gasteiger partial charge in [-0.25, -0.2) is 22.1 Å². The minimum absolute atomic E-state index is 0.0230. The van der Waals surface area contributed by atoms with Crippen molar-refractivity contribution in [3.05, 3.63) is 111 Å². The van der Waals surface area contributed by atoms with E-state index in [9.17, 15) is 9.46 Å². The summed E-state index contributed by atoms with van der Waals surface area (Å²) >= 11 is 0. The molecule has 6 nitrogen and oxygen atoms in total. The van der Waals surface area contributed by atoms with Gasteiger partial charge in [-0.1, -0.05) is 38.1 Å². The fourth-order valence-corrected chi connectivity index (χ4v) is 8.69. The maximum atomic E-state index is 15.8. The van der Waals surface area contributed by atoms with Crippen molar-refractivity contribution >= 4 is 7.82 Å². The number of phosphoric ester groups is 1. The lowest BCUT2D eigenvalue weighted by Crippen LogP contribution is -2.36. The zero-order valence-electron chi connectivity index (χ0n) is 26.2. The SMILES string of the molecule is COc1cc(F)c(-c2cc3c(c4c2OP(=O)(O)OC2C(c5c(F)cc(OC)cc5F)Cc5ccccc5[C@@H]42)CC(C)C(C)C3)c(F)c1. The minimum atomic E-state index is -5.06. The number of methoxy groups -OCH3 is 2. The highest BCUT2D eigenvalue weighted by molar-refractivity contribution is 7.47. The lowest BCUT2D eigenvalue weighted by molar-refractivity contribution is 0.104. The molecule has 3 aliphatic rings. The molecule has 0 bridgehead atoms. The molecule has 1 aliphatic heterocycles. The van der Waals surface area contributed by atoms with Crippen molar-refractivity contribution < 1.29 is 45.5 Å². The van der Waals surface area contributed by atoms with Crippen LogP contribution in [0.3, 0.4) is 0 Å². The second-order valence-corrected chi connectivity index (χ2v) is 14.1. The fourth-order valence-electron chi connectivity index (χ4n) is 7.64. The summed E-state index contributed by atoms with van der Waals surface area (Å²) in [5, 5.41) is 0. The van der Waals surface area contributed by atoms with Crippen molar-refractivity contribution in [2.45, 2.75) is 51.0 Å². The predicted molar refractivity (Wildman–Crippen MR) is 167 cm³/mol. The van der Waals surface area contributed by atoms with E-state index in [2.05, 4.69) is 13.8 Å². The molecule has 0 amide bonds. The van der Waals surface area contributed by atoms with Crippen molar-refractivity contribution in [1.82, 2.24) is 0 Å². The van der Waals surface area contributed by atoms with Gasteiger partial charge in [0.2, 0.25) is 0 Å². The summed E-state index contributed by atoms with van der Waals surface area (Å²) in [5.74, 6) is -5.53. The molecule has 7 rings (SSSR count). The van der Waals surface area contributed by atoms with Crippen LogP contribution in [0.4, 0.5) is 17.6 Å². The first-order valence-electron chi connectivity index (χ1n) is 15.4.